The van der Waals surface area contributed by atoms with E-state index in [4.69, 9.17) is 9.47 Å². The van der Waals surface area contributed by atoms with Crippen LogP contribution in [0.25, 0.3) is 6.08 Å². The number of methoxy groups -OCH3 is 2. The number of hydrogen-bond donors (Lipinski definition) is 2. The van der Waals surface area contributed by atoms with Crippen molar-refractivity contribution in [3.63, 3.8) is 0 Å². The highest BCUT2D eigenvalue weighted by atomic mass is 16.5. The molecule has 28 heavy (non-hydrogen) atoms. The Morgan fingerprint density at radius 1 is 0.893 bits per heavy atom. The molecule has 0 aliphatic carbocycles. The third-order valence-corrected chi connectivity index (χ3v) is 3.97. The molecule has 2 N–H and O–H groups in total. The first-order chi connectivity index (χ1) is 13.3. The van der Waals surface area contributed by atoms with Gasteiger partial charge in [-0.3, -0.25) is 9.59 Å². The number of para-hydroxylation sites is 3. The van der Waals surface area contributed by atoms with Crippen LogP contribution < -0.4 is 20.1 Å². The minimum atomic E-state index is -0.662. The lowest BCUT2D eigenvalue weighted by Gasteiger charge is -2.20. The average Bonchev–Trinajstić information content (AvgIpc) is 2.67. The normalized spacial score (nSPS) is 11.5. The summed E-state index contributed by atoms with van der Waals surface area (Å²) in [4.78, 5) is 25.5. The van der Waals surface area contributed by atoms with Gasteiger partial charge in [-0.15, -0.1) is 0 Å². The molecule has 2 rings (SSSR count). The molecule has 0 radical (unpaired) electrons. The number of ether oxygens (including phenoxy) is 2. The van der Waals surface area contributed by atoms with Crippen molar-refractivity contribution in [1.82, 2.24) is 5.32 Å². The summed E-state index contributed by atoms with van der Waals surface area (Å²) in [6.45, 7) is 5.34. The molecular formula is C22H26N2O4. The second-order valence-corrected chi connectivity index (χ2v) is 7.16. The SMILES string of the molecule is COc1ccccc1/C=C(/NC(=O)C(C)(C)C)C(=O)Nc1ccccc1OC. The molecule has 0 aliphatic rings. The molecule has 2 aromatic carbocycles. The Balaban J connectivity index is 2.41. The number of amides is 2. The van der Waals surface area contributed by atoms with Crippen LogP contribution in [-0.4, -0.2) is 26.0 Å². The average molecular weight is 382 g/mol. The number of carbonyl (C=O) groups excluding carboxylic acids is 2. The summed E-state index contributed by atoms with van der Waals surface area (Å²) in [6, 6.07) is 14.3. The summed E-state index contributed by atoms with van der Waals surface area (Å²) >= 11 is 0. The van der Waals surface area contributed by atoms with E-state index in [1.54, 1.807) is 70.4 Å². The van der Waals surface area contributed by atoms with Gasteiger partial charge in [0.15, 0.2) is 0 Å². The molecule has 0 fully saturated rings. The fourth-order valence-electron chi connectivity index (χ4n) is 2.35. The highest BCUT2D eigenvalue weighted by Gasteiger charge is 2.24. The molecule has 6 nitrogen and oxygen atoms in total. The van der Waals surface area contributed by atoms with Crippen LogP contribution in [0.3, 0.4) is 0 Å². The van der Waals surface area contributed by atoms with Gasteiger partial charge < -0.3 is 20.1 Å². The highest BCUT2D eigenvalue weighted by Crippen LogP contribution is 2.25. The van der Waals surface area contributed by atoms with Crippen molar-refractivity contribution in [2.45, 2.75) is 20.8 Å². The summed E-state index contributed by atoms with van der Waals surface area (Å²) in [7, 11) is 3.08. The predicted molar refractivity (Wildman–Crippen MR) is 110 cm³/mol. The van der Waals surface area contributed by atoms with E-state index in [2.05, 4.69) is 10.6 Å². The Labute approximate surface area is 165 Å². The molecule has 2 amide bonds. The van der Waals surface area contributed by atoms with Gasteiger partial charge >= 0.3 is 0 Å². The van der Waals surface area contributed by atoms with Crippen molar-refractivity contribution >= 4 is 23.6 Å². The zero-order chi connectivity index (χ0) is 20.7. The van der Waals surface area contributed by atoms with E-state index >= 15 is 0 Å². The fraction of sp³-hybridized carbons (Fsp3) is 0.273. The molecule has 0 aliphatic heterocycles. The number of nitrogens with one attached hydrogen (secondary N) is 2. The van der Waals surface area contributed by atoms with Crippen LogP contribution >= 0.6 is 0 Å². The first-order valence-corrected chi connectivity index (χ1v) is 8.87. The quantitative estimate of drug-likeness (QED) is 0.744. The summed E-state index contributed by atoms with van der Waals surface area (Å²) < 4.78 is 10.6. The van der Waals surface area contributed by atoms with E-state index in [-0.39, 0.29) is 11.6 Å². The lowest BCUT2D eigenvalue weighted by atomic mass is 9.95. The maximum Gasteiger partial charge on any atom is 0.272 e. The van der Waals surface area contributed by atoms with Crippen molar-refractivity contribution in [2.24, 2.45) is 5.41 Å². The van der Waals surface area contributed by atoms with Crippen LogP contribution in [0.5, 0.6) is 11.5 Å². The van der Waals surface area contributed by atoms with Crippen LogP contribution in [0, 0.1) is 5.41 Å². The van der Waals surface area contributed by atoms with E-state index in [1.807, 2.05) is 12.1 Å². The second kappa shape index (κ2) is 9.08. The first-order valence-electron chi connectivity index (χ1n) is 8.87. The maximum atomic E-state index is 13.0. The van der Waals surface area contributed by atoms with Gasteiger partial charge in [0.2, 0.25) is 5.91 Å². The molecule has 0 bridgehead atoms. The minimum Gasteiger partial charge on any atom is -0.496 e. The predicted octanol–water partition coefficient (Wildman–Crippen LogP) is 3.85. The van der Waals surface area contributed by atoms with Crippen molar-refractivity contribution < 1.29 is 19.1 Å². The topological polar surface area (TPSA) is 76.7 Å². The number of benzene rings is 2. The molecule has 0 atom stereocenters. The Hall–Kier alpha value is -3.28. The molecule has 0 spiro atoms. The van der Waals surface area contributed by atoms with E-state index in [9.17, 15) is 9.59 Å². The molecule has 0 heterocycles. The summed E-state index contributed by atoms with van der Waals surface area (Å²) in [5.74, 6) is 0.376. The number of hydrogen-bond acceptors (Lipinski definition) is 4. The van der Waals surface area contributed by atoms with Crippen molar-refractivity contribution in [3.8, 4) is 11.5 Å². The smallest absolute Gasteiger partial charge is 0.272 e. The summed E-state index contributed by atoms with van der Waals surface area (Å²) in [5.41, 5.74) is 0.621. The van der Waals surface area contributed by atoms with Crippen LogP contribution in [0.2, 0.25) is 0 Å². The van der Waals surface area contributed by atoms with E-state index in [1.165, 1.54) is 7.11 Å². The van der Waals surface area contributed by atoms with Gasteiger partial charge in [-0.2, -0.15) is 0 Å². The summed E-state index contributed by atoms with van der Waals surface area (Å²) in [6.07, 6.45) is 1.59. The van der Waals surface area contributed by atoms with Gasteiger partial charge in [0.25, 0.3) is 5.91 Å². The van der Waals surface area contributed by atoms with Crippen LogP contribution in [0.1, 0.15) is 26.3 Å². The molecule has 2 aromatic rings. The Bertz CT molecular complexity index is 882. The molecule has 0 saturated heterocycles. The van der Waals surface area contributed by atoms with Crippen molar-refractivity contribution in [3.05, 3.63) is 59.8 Å². The third-order valence-electron chi connectivity index (χ3n) is 3.97. The molecule has 6 heteroatoms. The van der Waals surface area contributed by atoms with Gasteiger partial charge in [-0.1, -0.05) is 51.1 Å². The number of anilines is 1. The minimum absolute atomic E-state index is 0.107. The number of rotatable bonds is 6. The van der Waals surface area contributed by atoms with Crippen molar-refractivity contribution in [1.29, 1.82) is 0 Å². The number of carbonyl (C=O) groups is 2. The lowest BCUT2D eigenvalue weighted by molar-refractivity contribution is -0.128. The molecular weight excluding hydrogens is 356 g/mol. The highest BCUT2D eigenvalue weighted by molar-refractivity contribution is 6.09. The van der Waals surface area contributed by atoms with Gasteiger partial charge in [0.05, 0.1) is 19.9 Å². The second-order valence-electron chi connectivity index (χ2n) is 7.16. The van der Waals surface area contributed by atoms with E-state index in [0.29, 0.717) is 22.7 Å². The van der Waals surface area contributed by atoms with Crippen LogP contribution in [0.15, 0.2) is 54.2 Å². The van der Waals surface area contributed by atoms with E-state index in [0.717, 1.165) is 0 Å². The van der Waals surface area contributed by atoms with E-state index < -0.39 is 11.3 Å². The summed E-state index contributed by atoms with van der Waals surface area (Å²) in [5, 5.41) is 5.52. The largest absolute Gasteiger partial charge is 0.496 e. The maximum absolute atomic E-state index is 13.0. The van der Waals surface area contributed by atoms with Gasteiger partial charge in [0, 0.05) is 11.0 Å². The monoisotopic (exact) mass is 382 g/mol. The third kappa shape index (κ3) is 5.36. The standard InChI is InChI=1S/C22H26N2O4/c1-22(2,3)21(26)24-17(14-15-10-6-8-12-18(15)27-4)20(25)23-16-11-7-9-13-19(16)28-5/h6-14H,1-5H3,(H,23,25)(H,24,26)/b17-14+. The Morgan fingerprint density at radius 3 is 2.07 bits per heavy atom. The van der Waals surface area contributed by atoms with Gasteiger partial charge in [-0.05, 0) is 24.3 Å². The lowest BCUT2D eigenvalue weighted by Crippen LogP contribution is -2.38. The molecule has 0 aromatic heterocycles. The van der Waals surface area contributed by atoms with Crippen molar-refractivity contribution in [2.75, 3.05) is 19.5 Å². The van der Waals surface area contributed by atoms with Crippen LogP contribution in [0.4, 0.5) is 5.69 Å². The zero-order valence-corrected chi connectivity index (χ0v) is 16.8. The zero-order valence-electron chi connectivity index (χ0n) is 16.8. The molecule has 148 valence electrons. The molecule has 0 unspecified atom stereocenters. The van der Waals surface area contributed by atoms with Crippen LogP contribution in [-0.2, 0) is 9.59 Å². The Kier molecular flexibility index (Phi) is 6.82. The van der Waals surface area contributed by atoms with Gasteiger partial charge in [-0.25, -0.2) is 0 Å². The fourth-order valence-corrected chi connectivity index (χ4v) is 2.35. The molecule has 0 saturated carbocycles. The van der Waals surface area contributed by atoms with Gasteiger partial charge in [0.1, 0.15) is 17.2 Å². The first kappa shape index (κ1) is 21.0. The Morgan fingerprint density at radius 2 is 1.46 bits per heavy atom.